The molecule has 0 amide bonds. The molecule has 0 radical (unpaired) electrons. The SMILES string of the molecule is CC1CC1Cn1c(CCl)nc2cc(Cl)c(F)cc21. The number of imidazole rings is 1. The van der Waals surface area contributed by atoms with Gasteiger partial charge in [0.25, 0.3) is 0 Å². The summed E-state index contributed by atoms with van der Waals surface area (Å²) in [5.74, 6) is 2.10. The zero-order chi connectivity index (χ0) is 12.9. The Morgan fingerprint density at radius 2 is 2.22 bits per heavy atom. The molecule has 5 heteroatoms. The molecule has 2 atom stereocenters. The lowest BCUT2D eigenvalue weighted by atomic mass is 10.3. The van der Waals surface area contributed by atoms with Gasteiger partial charge >= 0.3 is 0 Å². The van der Waals surface area contributed by atoms with Crippen molar-refractivity contribution in [3.63, 3.8) is 0 Å². The first-order valence-corrected chi connectivity index (χ1v) is 6.91. The number of benzene rings is 1. The van der Waals surface area contributed by atoms with Crippen LogP contribution in [0.4, 0.5) is 4.39 Å². The molecule has 0 aliphatic heterocycles. The fourth-order valence-corrected chi connectivity index (χ4v) is 2.73. The van der Waals surface area contributed by atoms with E-state index in [-0.39, 0.29) is 5.02 Å². The second-order valence-electron chi connectivity index (χ2n) is 5.00. The Morgan fingerprint density at radius 1 is 1.50 bits per heavy atom. The van der Waals surface area contributed by atoms with E-state index in [1.54, 1.807) is 6.07 Å². The summed E-state index contributed by atoms with van der Waals surface area (Å²) >= 11 is 11.7. The van der Waals surface area contributed by atoms with E-state index in [1.807, 2.05) is 4.57 Å². The zero-order valence-electron chi connectivity index (χ0n) is 9.96. The Kier molecular flexibility index (Phi) is 2.99. The first-order chi connectivity index (χ1) is 8.60. The van der Waals surface area contributed by atoms with Crippen LogP contribution in [0.1, 0.15) is 19.2 Å². The summed E-state index contributed by atoms with van der Waals surface area (Å²) in [7, 11) is 0. The lowest BCUT2D eigenvalue weighted by Gasteiger charge is -2.07. The number of hydrogen-bond donors (Lipinski definition) is 0. The molecule has 1 fully saturated rings. The van der Waals surface area contributed by atoms with Gasteiger partial charge in [0.2, 0.25) is 0 Å². The molecule has 3 rings (SSSR count). The van der Waals surface area contributed by atoms with Crippen molar-refractivity contribution < 1.29 is 4.39 Å². The van der Waals surface area contributed by atoms with E-state index in [4.69, 9.17) is 23.2 Å². The van der Waals surface area contributed by atoms with Gasteiger partial charge in [-0.25, -0.2) is 9.37 Å². The largest absolute Gasteiger partial charge is 0.327 e. The number of nitrogens with zero attached hydrogens (tertiary/aromatic N) is 2. The van der Waals surface area contributed by atoms with Gasteiger partial charge in [-0.1, -0.05) is 18.5 Å². The number of hydrogen-bond acceptors (Lipinski definition) is 1. The summed E-state index contributed by atoms with van der Waals surface area (Å²) in [5, 5.41) is 0.105. The van der Waals surface area contributed by atoms with E-state index in [2.05, 4.69) is 11.9 Å². The molecule has 1 aliphatic rings. The minimum Gasteiger partial charge on any atom is -0.327 e. The quantitative estimate of drug-likeness (QED) is 0.773. The Balaban J connectivity index is 2.11. The maximum absolute atomic E-state index is 13.6. The van der Waals surface area contributed by atoms with Gasteiger partial charge in [0.1, 0.15) is 11.6 Å². The summed E-state index contributed by atoms with van der Waals surface area (Å²) in [4.78, 5) is 4.42. The first-order valence-electron chi connectivity index (χ1n) is 6.00. The van der Waals surface area contributed by atoms with Crippen molar-refractivity contribution in [1.82, 2.24) is 9.55 Å². The van der Waals surface area contributed by atoms with Crippen molar-refractivity contribution in [3.05, 3.63) is 28.8 Å². The molecule has 96 valence electrons. The fourth-order valence-electron chi connectivity index (χ4n) is 2.36. The van der Waals surface area contributed by atoms with Crippen molar-refractivity contribution >= 4 is 34.2 Å². The van der Waals surface area contributed by atoms with Crippen LogP contribution in [0.5, 0.6) is 0 Å². The minimum absolute atomic E-state index is 0.105. The number of fused-ring (bicyclic) bond motifs is 1. The van der Waals surface area contributed by atoms with Crippen LogP contribution in [0.15, 0.2) is 12.1 Å². The molecule has 0 saturated heterocycles. The molecule has 2 unspecified atom stereocenters. The number of rotatable bonds is 3. The third-order valence-electron chi connectivity index (χ3n) is 3.68. The molecule has 2 nitrogen and oxygen atoms in total. The topological polar surface area (TPSA) is 17.8 Å². The van der Waals surface area contributed by atoms with Crippen molar-refractivity contribution in [1.29, 1.82) is 0 Å². The number of aromatic nitrogens is 2. The first kappa shape index (κ1) is 12.2. The van der Waals surface area contributed by atoms with E-state index in [0.717, 1.165) is 23.8 Å². The van der Waals surface area contributed by atoms with Crippen LogP contribution in [-0.2, 0) is 12.4 Å². The monoisotopic (exact) mass is 286 g/mol. The van der Waals surface area contributed by atoms with Crippen molar-refractivity contribution in [3.8, 4) is 0 Å². The van der Waals surface area contributed by atoms with Gasteiger partial charge in [0.15, 0.2) is 0 Å². The maximum Gasteiger partial charge on any atom is 0.144 e. The summed E-state index contributed by atoms with van der Waals surface area (Å²) in [6, 6.07) is 3.02. The molecular formula is C13H13Cl2FN2. The second kappa shape index (κ2) is 4.39. The minimum atomic E-state index is -0.407. The highest BCUT2D eigenvalue weighted by Crippen LogP contribution is 2.40. The predicted octanol–water partition coefficient (Wildman–Crippen LogP) is 4.22. The Morgan fingerprint density at radius 3 is 2.83 bits per heavy atom. The zero-order valence-corrected chi connectivity index (χ0v) is 11.5. The fraction of sp³-hybridized carbons (Fsp3) is 0.462. The third kappa shape index (κ3) is 1.99. The molecule has 1 aromatic heterocycles. The molecule has 1 heterocycles. The third-order valence-corrected chi connectivity index (χ3v) is 4.21. The second-order valence-corrected chi connectivity index (χ2v) is 5.67. The lowest BCUT2D eigenvalue weighted by molar-refractivity contribution is 0.588. The highest BCUT2D eigenvalue weighted by Gasteiger charge is 2.33. The molecule has 0 N–H and O–H groups in total. The summed E-state index contributed by atoms with van der Waals surface area (Å²) in [5.41, 5.74) is 1.50. The molecule has 0 bridgehead atoms. The van der Waals surface area contributed by atoms with Crippen LogP contribution >= 0.6 is 23.2 Å². The summed E-state index contributed by atoms with van der Waals surface area (Å²) in [6.07, 6.45) is 1.22. The number of halogens is 3. The van der Waals surface area contributed by atoms with Crippen LogP contribution < -0.4 is 0 Å². The number of alkyl halides is 1. The maximum atomic E-state index is 13.6. The summed E-state index contributed by atoms with van der Waals surface area (Å²) in [6.45, 7) is 3.09. The Bertz CT molecular complexity index is 609. The Hall–Kier alpha value is -0.800. The van der Waals surface area contributed by atoms with Crippen LogP contribution in [0.3, 0.4) is 0 Å². The summed E-state index contributed by atoms with van der Waals surface area (Å²) < 4.78 is 15.6. The van der Waals surface area contributed by atoms with Gasteiger partial charge in [-0.05, 0) is 24.3 Å². The van der Waals surface area contributed by atoms with Gasteiger partial charge in [0.05, 0.1) is 21.9 Å². The van der Waals surface area contributed by atoms with E-state index in [0.29, 0.717) is 17.3 Å². The van der Waals surface area contributed by atoms with Gasteiger partial charge in [-0.15, -0.1) is 11.6 Å². The van der Waals surface area contributed by atoms with E-state index in [1.165, 1.54) is 12.5 Å². The molecular weight excluding hydrogens is 274 g/mol. The van der Waals surface area contributed by atoms with Crippen LogP contribution in [0.25, 0.3) is 11.0 Å². The molecule has 18 heavy (non-hydrogen) atoms. The van der Waals surface area contributed by atoms with Crippen LogP contribution in [-0.4, -0.2) is 9.55 Å². The van der Waals surface area contributed by atoms with Crippen LogP contribution in [0.2, 0.25) is 5.02 Å². The normalized spacial score (nSPS) is 22.7. The molecule has 2 aromatic rings. The van der Waals surface area contributed by atoms with E-state index >= 15 is 0 Å². The van der Waals surface area contributed by atoms with E-state index in [9.17, 15) is 4.39 Å². The van der Waals surface area contributed by atoms with Crippen LogP contribution in [0, 0.1) is 17.7 Å². The highest BCUT2D eigenvalue weighted by molar-refractivity contribution is 6.31. The van der Waals surface area contributed by atoms with E-state index < -0.39 is 5.82 Å². The van der Waals surface area contributed by atoms with Crippen molar-refractivity contribution in [2.75, 3.05) is 0 Å². The predicted molar refractivity (Wildman–Crippen MR) is 71.5 cm³/mol. The molecule has 1 aromatic carbocycles. The van der Waals surface area contributed by atoms with Crippen molar-refractivity contribution in [2.24, 2.45) is 11.8 Å². The van der Waals surface area contributed by atoms with Gasteiger partial charge < -0.3 is 4.57 Å². The average Bonchev–Trinajstić information content (AvgIpc) is 2.93. The highest BCUT2D eigenvalue weighted by atomic mass is 35.5. The average molecular weight is 287 g/mol. The standard InChI is InChI=1S/C13H13Cl2FN2/c1-7-2-8(7)6-18-12-4-10(16)9(15)3-11(12)17-13(18)5-14/h3-4,7-8H,2,5-6H2,1H3. The van der Waals surface area contributed by atoms with Gasteiger partial charge in [-0.3, -0.25) is 0 Å². The molecule has 1 aliphatic carbocycles. The lowest BCUT2D eigenvalue weighted by Crippen LogP contribution is -2.04. The molecule has 1 saturated carbocycles. The Labute approximate surface area is 115 Å². The van der Waals surface area contributed by atoms with Crippen molar-refractivity contribution in [2.45, 2.75) is 25.8 Å². The van der Waals surface area contributed by atoms with Gasteiger partial charge in [0, 0.05) is 12.6 Å². The van der Waals surface area contributed by atoms with Gasteiger partial charge in [-0.2, -0.15) is 0 Å². The molecule has 0 spiro atoms. The smallest absolute Gasteiger partial charge is 0.144 e.